The van der Waals surface area contributed by atoms with Crippen molar-refractivity contribution in [1.82, 2.24) is 15.3 Å². The third-order valence-electron chi connectivity index (χ3n) is 2.67. The number of ether oxygens (including phenoxy) is 1. The normalized spacial score (nSPS) is 12.4. The van der Waals surface area contributed by atoms with Gasteiger partial charge in [0.2, 0.25) is 5.88 Å². The average molecular weight is 223 g/mol. The summed E-state index contributed by atoms with van der Waals surface area (Å²) in [6, 6.07) is 2.19. The van der Waals surface area contributed by atoms with Crippen LogP contribution in [-0.4, -0.2) is 24.1 Å². The zero-order chi connectivity index (χ0) is 11.8. The molecule has 1 aromatic rings. The highest BCUT2D eigenvalue weighted by molar-refractivity contribution is 5.16. The first-order valence-corrected chi connectivity index (χ1v) is 5.85. The summed E-state index contributed by atoms with van der Waals surface area (Å²) in [5.41, 5.74) is 1.01. The Morgan fingerprint density at radius 2 is 2.19 bits per heavy atom. The summed E-state index contributed by atoms with van der Waals surface area (Å²) in [6.45, 7) is 2.21. The Labute approximate surface area is 97.5 Å². The van der Waals surface area contributed by atoms with Gasteiger partial charge >= 0.3 is 0 Å². The fourth-order valence-corrected chi connectivity index (χ4v) is 1.69. The number of nitrogens with one attached hydrogen (secondary N) is 1. The van der Waals surface area contributed by atoms with Crippen molar-refractivity contribution in [1.29, 1.82) is 0 Å². The van der Waals surface area contributed by atoms with Gasteiger partial charge in [0, 0.05) is 12.1 Å². The molecule has 1 N–H and O–H groups in total. The van der Waals surface area contributed by atoms with E-state index in [1.165, 1.54) is 19.3 Å². The molecule has 0 aliphatic heterocycles. The van der Waals surface area contributed by atoms with Crippen LogP contribution in [-0.2, 0) is 0 Å². The molecule has 1 aromatic heterocycles. The van der Waals surface area contributed by atoms with Crippen molar-refractivity contribution < 1.29 is 4.74 Å². The van der Waals surface area contributed by atoms with Crippen molar-refractivity contribution in [3.05, 3.63) is 18.1 Å². The highest BCUT2D eigenvalue weighted by atomic mass is 16.5. The molecule has 0 aromatic carbocycles. The maximum atomic E-state index is 5.10. The summed E-state index contributed by atoms with van der Waals surface area (Å²) in [6.07, 6.45) is 6.38. The van der Waals surface area contributed by atoms with Gasteiger partial charge in [0.05, 0.1) is 12.8 Å². The Bertz CT molecular complexity index is 304. The minimum Gasteiger partial charge on any atom is -0.481 e. The van der Waals surface area contributed by atoms with Gasteiger partial charge in [-0.15, -0.1) is 0 Å². The standard InChI is InChI=1S/C12H21N3O/c1-4-5-6-7-10(13-2)11-8-12(16-3)15-9-14-11/h8-10,13H,4-7H2,1-3H3. The predicted molar refractivity (Wildman–Crippen MR) is 64.5 cm³/mol. The van der Waals surface area contributed by atoms with E-state index in [9.17, 15) is 0 Å². The van der Waals surface area contributed by atoms with Gasteiger partial charge in [-0.05, 0) is 13.5 Å². The first-order valence-electron chi connectivity index (χ1n) is 5.85. The van der Waals surface area contributed by atoms with Crippen molar-refractivity contribution in [2.45, 2.75) is 38.6 Å². The summed E-state index contributed by atoms with van der Waals surface area (Å²) in [7, 11) is 3.59. The van der Waals surface area contributed by atoms with Crippen LogP contribution in [0.15, 0.2) is 12.4 Å². The first-order chi connectivity index (χ1) is 7.81. The Kier molecular flexibility index (Phi) is 5.78. The van der Waals surface area contributed by atoms with Gasteiger partial charge in [-0.3, -0.25) is 0 Å². The van der Waals surface area contributed by atoms with Gasteiger partial charge in [-0.25, -0.2) is 9.97 Å². The molecule has 4 nitrogen and oxygen atoms in total. The fraction of sp³-hybridized carbons (Fsp3) is 0.667. The summed E-state index contributed by atoms with van der Waals surface area (Å²) in [5, 5.41) is 3.28. The molecule has 0 aliphatic carbocycles. The molecule has 0 fully saturated rings. The van der Waals surface area contributed by atoms with Crippen LogP contribution in [0, 0.1) is 0 Å². The van der Waals surface area contributed by atoms with E-state index in [4.69, 9.17) is 4.74 Å². The summed E-state index contributed by atoms with van der Waals surface area (Å²) < 4.78 is 5.10. The zero-order valence-corrected chi connectivity index (χ0v) is 10.4. The number of hydrogen-bond acceptors (Lipinski definition) is 4. The molecule has 1 heterocycles. The van der Waals surface area contributed by atoms with Crippen LogP contribution in [0.1, 0.15) is 44.3 Å². The van der Waals surface area contributed by atoms with E-state index in [0.717, 1.165) is 12.1 Å². The lowest BCUT2D eigenvalue weighted by atomic mass is 10.1. The van der Waals surface area contributed by atoms with Crippen molar-refractivity contribution in [3.8, 4) is 5.88 Å². The molecule has 1 atom stereocenters. The van der Waals surface area contributed by atoms with Gasteiger partial charge in [0.15, 0.2) is 0 Å². The number of methoxy groups -OCH3 is 1. The number of nitrogens with zero attached hydrogens (tertiary/aromatic N) is 2. The highest BCUT2D eigenvalue weighted by Crippen LogP contribution is 2.19. The largest absolute Gasteiger partial charge is 0.481 e. The van der Waals surface area contributed by atoms with E-state index < -0.39 is 0 Å². The van der Waals surface area contributed by atoms with Gasteiger partial charge in [0.1, 0.15) is 6.33 Å². The minimum atomic E-state index is 0.295. The molecule has 4 heteroatoms. The minimum absolute atomic E-state index is 0.295. The maximum Gasteiger partial charge on any atom is 0.216 e. The number of unbranched alkanes of at least 4 members (excludes halogenated alkanes) is 2. The maximum absolute atomic E-state index is 5.10. The van der Waals surface area contributed by atoms with Gasteiger partial charge < -0.3 is 10.1 Å². The summed E-state index contributed by atoms with van der Waals surface area (Å²) in [4.78, 5) is 8.29. The topological polar surface area (TPSA) is 47.0 Å². The lowest BCUT2D eigenvalue weighted by Gasteiger charge is -2.15. The van der Waals surface area contributed by atoms with Crippen molar-refractivity contribution in [3.63, 3.8) is 0 Å². The molecule has 0 spiro atoms. The van der Waals surface area contributed by atoms with Gasteiger partial charge in [-0.1, -0.05) is 26.2 Å². The van der Waals surface area contributed by atoms with E-state index in [0.29, 0.717) is 11.9 Å². The predicted octanol–water partition coefficient (Wildman–Crippen LogP) is 2.33. The quantitative estimate of drug-likeness (QED) is 0.721. The van der Waals surface area contributed by atoms with E-state index >= 15 is 0 Å². The second-order valence-corrected chi connectivity index (χ2v) is 3.82. The molecule has 1 rings (SSSR count). The average Bonchev–Trinajstić information content (AvgIpc) is 2.35. The fourth-order valence-electron chi connectivity index (χ4n) is 1.69. The second-order valence-electron chi connectivity index (χ2n) is 3.82. The first kappa shape index (κ1) is 12.9. The molecule has 16 heavy (non-hydrogen) atoms. The third kappa shape index (κ3) is 3.77. The monoisotopic (exact) mass is 223 g/mol. The van der Waals surface area contributed by atoms with E-state index in [1.54, 1.807) is 13.4 Å². The molecular weight excluding hydrogens is 202 g/mol. The Morgan fingerprint density at radius 3 is 2.81 bits per heavy atom. The van der Waals surface area contributed by atoms with Crippen LogP contribution in [0.2, 0.25) is 0 Å². The van der Waals surface area contributed by atoms with E-state index in [1.807, 2.05) is 13.1 Å². The number of rotatable bonds is 7. The van der Waals surface area contributed by atoms with E-state index in [2.05, 4.69) is 22.2 Å². The highest BCUT2D eigenvalue weighted by Gasteiger charge is 2.11. The summed E-state index contributed by atoms with van der Waals surface area (Å²) in [5.74, 6) is 0.626. The number of aromatic nitrogens is 2. The lowest BCUT2D eigenvalue weighted by Crippen LogP contribution is -2.17. The van der Waals surface area contributed by atoms with Crippen LogP contribution in [0.3, 0.4) is 0 Å². The molecule has 0 aliphatic rings. The molecule has 90 valence electrons. The Balaban J connectivity index is 2.62. The molecule has 0 radical (unpaired) electrons. The van der Waals surface area contributed by atoms with Crippen molar-refractivity contribution in [2.75, 3.05) is 14.2 Å². The molecular formula is C12H21N3O. The molecule has 0 saturated heterocycles. The van der Waals surface area contributed by atoms with Crippen molar-refractivity contribution in [2.24, 2.45) is 0 Å². The Morgan fingerprint density at radius 1 is 1.38 bits per heavy atom. The number of hydrogen-bond donors (Lipinski definition) is 1. The summed E-state index contributed by atoms with van der Waals surface area (Å²) >= 11 is 0. The Hall–Kier alpha value is -1.16. The van der Waals surface area contributed by atoms with Crippen LogP contribution in [0.4, 0.5) is 0 Å². The van der Waals surface area contributed by atoms with Gasteiger partial charge in [0.25, 0.3) is 0 Å². The van der Waals surface area contributed by atoms with Crippen LogP contribution >= 0.6 is 0 Å². The molecule has 0 bridgehead atoms. The molecule has 0 amide bonds. The lowest BCUT2D eigenvalue weighted by molar-refractivity contribution is 0.393. The second kappa shape index (κ2) is 7.17. The van der Waals surface area contributed by atoms with Gasteiger partial charge in [-0.2, -0.15) is 0 Å². The molecule has 1 unspecified atom stereocenters. The molecule has 0 saturated carbocycles. The van der Waals surface area contributed by atoms with E-state index in [-0.39, 0.29) is 0 Å². The van der Waals surface area contributed by atoms with Crippen molar-refractivity contribution >= 4 is 0 Å². The van der Waals surface area contributed by atoms with Crippen LogP contribution in [0.5, 0.6) is 5.88 Å². The SMILES string of the molecule is CCCCCC(NC)c1cc(OC)ncn1. The smallest absolute Gasteiger partial charge is 0.216 e. The van der Waals surface area contributed by atoms with Crippen LogP contribution < -0.4 is 10.1 Å². The zero-order valence-electron chi connectivity index (χ0n) is 10.4. The third-order valence-corrected chi connectivity index (χ3v) is 2.67. The van der Waals surface area contributed by atoms with Crippen LogP contribution in [0.25, 0.3) is 0 Å².